The molecule has 0 aliphatic carbocycles. The van der Waals surface area contributed by atoms with Gasteiger partial charge in [-0.05, 0) is 12.1 Å². The van der Waals surface area contributed by atoms with Crippen molar-refractivity contribution in [2.75, 3.05) is 6.61 Å². The molecule has 108 valence electrons. The molecular weight excluding hydrogens is 270 g/mol. The van der Waals surface area contributed by atoms with E-state index in [2.05, 4.69) is 10.1 Å². The second-order valence-electron chi connectivity index (χ2n) is 4.43. The molecule has 10 heteroatoms. The zero-order valence-corrected chi connectivity index (χ0v) is 10.6. The van der Waals surface area contributed by atoms with Crippen molar-refractivity contribution in [3.8, 4) is 0 Å². The predicted molar refractivity (Wildman–Crippen MR) is 65.9 cm³/mol. The highest BCUT2D eigenvalue weighted by Crippen LogP contribution is 2.27. The monoisotopic (exact) mass is 283 g/mol. The maximum Gasteiger partial charge on any atom is 0.428 e. The van der Waals surface area contributed by atoms with Crippen molar-refractivity contribution >= 4 is 0 Å². The fourth-order valence-corrected chi connectivity index (χ4v) is 2.08. The molecule has 20 heavy (non-hydrogen) atoms. The largest absolute Gasteiger partial charge is 0.428 e. The van der Waals surface area contributed by atoms with Crippen LogP contribution in [0.1, 0.15) is 18.2 Å². The van der Waals surface area contributed by atoms with Crippen LogP contribution in [0.25, 0.3) is 10.4 Å². The van der Waals surface area contributed by atoms with E-state index in [1.807, 2.05) is 0 Å². The van der Waals surface area contributed by atoms with Crippen molar-refractivity contribution in [3.63, 3.8) is 0 Å². The summed E-state index contributed by atoms with van der Waals surface area (Å²) in [6.45, 7) is 1.14. The van der Waals surface area contributed by atoms with E-state index in [0.717, 1.165) is 4.57 Å². The van der Waals surface area contributed by atoms with Crippen LogP contribution in [0, 0.1) is 6.92 Å². The van der Waals surface area contributed by atoms with Crippen LogP contribution in [0.3, 0.4) is 0 Å². The third kappa shape index (κ3) is 2.32. The summed E-state index contributed by atoms with van der Waals surface area (Å²) in [6.07, 6.45) is -1.27. The number of aliphatic hydroxyl groups excluding tert-OH is 2. The quantitative estimate of drug-likeness (QED) is 0.417. The number of hydrogen-bond acceptors (Lipinski definition) is 6. The minimum absolute atomic E-state index is 0.153. The normalized spacial score (nSPS) is 25.4. The molecule has 2 heterocycles. The maximum absolute atomic E-state index is 12.1. The van der Waals surface area contributed by atoms with Gasteiger partial charge in [0.05, 0.1) is 18.3 Å². The molecule has 0 amide bonds. The maximum atomic E-state index is 12.1. The van der Waals surface area contributed by atoms with E-state index in [1.165, 1.54) is 13.1 Å². The van der Waals surface area contributed by atoms with E-state index >= 15 is 0 Å². The van der Waals surface area contributed by atoms with Crippen molar-refractivity contribution in [1.29, 1.82) is 0 Å². The van der Waals surface area contributed by atoms with E-state index in [0.29, 0.717) is 4.68 Å². The smallest absolute Gasteiger partial charge is 0.394 e. The Hall–Kier alpha value is -2.13. The van der Waals surface area contributed by atoms with Gasteiger partial charge in [0.15, 0.2) is 6.23 Å². The third-order valence-corrected chi connectivity index (χ3v) is 3.04. The van der Waals surface area contributed by atoms with Crippen molar-refractivity contribution in [2.45, 2.75) is 31.8 Å². The summed E-state index contributed by atoms with van der Waals surface area (Å²) in [6, 6.07) is 0. The summed E-state index contributed by atoms with van der Waals surface area (Å²) < 4.78 is 6.67. The van der Waals surface area contributed by atoms with E-state index in [9.17, 15) is 14.7 Å². The summed E-state index contributed by atoms with van der Waals surface area (Å²) in [5, 5.41) is 21.9. The van der Waals surface area contributed by atoms with Crippen LogP contribution in [0.5, 0.6) is 0 Å². The van der Waals surface area contributed by atoms with Gasteiger partial charge in [0.1, 0.15) is 6.10 Å². The Kier molecular flexibility index (Phi) is 3.91. The van der Waals surface area contributed by atoms with Crippen LogP contribution < -0.4 is 11.2 Å². The van der Waals surface area contributed by atoms with E-state index in [1.54, 1.807) is 0 Å². The first-order valence-electron chi connectivity index (χ1n) is 5.84. The number of aliphatic hydroxyl groups is 2. The molecule has 1 aliphatic rings. The van der Waals surface area contributed by atoms with Gasteiger partial charge in [-0.1, -0.05) is 4.68 Å². The standard InChI is InChI=1S/C10H13N5O5/c1-5-3-14(9-7(17)2-6(4-16)20-9)10(19)15(8(5)18)13-12-11/h3,6-7,9,16-17H,2,4H2,1H3/t6-,7+,9+/m0/s1. The van der Waals surface area contributed by atoms with E-state index in [4.69, 9.17) is 15.4 Å². The first-order valence-corrected chi connectivity index (χ1v) is 5.84. The molecule has 1 saturated heterocycles. The molecule has 0 bridgehead atoms. The van der Waals surface area contributed by atoms with Crippen LogP contribution in [0.2, 0.25) is 0 Å². The fraction of sp³-hybridized carbons (Fsp3) is 0.600. The average Bonchev–Trinajstić information content (AvgIpc) is 2.80. The molecule has 10 nitrogen and oxygen atoms in total. The Bertz CT molecular complexity index is 674. The number of ether oxygens (including phenoxy) is 1. The number of rotatable bonds is 3. The van der Waals surface area contributed by atoms with E-state index in [-0.39, 0.29) is 18.6 Å². The molecule has 0 saturated carbocycles. The molecule has 0 spiro atoms. The first-order chi connectivity index (χ1) is 9.49. The minimum atomic E-state index is -1.04. The highest BCUT2D eigenvalue weighted by Gasteiger charge is 2.36. The zero-order chi connectivity index (χ0) is 14.9. The van der Waals surface area contributed by atoms with Gasteiger partial charge in [0.25, 0.3) is 0 Å². The molecule has 0 aromatic carbocycles. The van der Waals surface area contributed by atoms with Gasteiger partial charge in [0.2, 0.25) is 0 Å². The van der Waals surface area contributed by atoms with Gasteiger partial charge in [0, 0.05) is 12.6 Å². The predicted octanol–water partition coefficient (Wildman–Crippen LogP) is -0.967. The van der Waals surface area contributed by atoms with Gasteiger partial charge >= 0.3 is 11.2 Å². The SMILES string of the molecule is Cc1cn([C@@H]2O[C@H](CO)C[C@H]2O)c(=O)n(N=[N+]=[N-])c1=O. The summed E-state index contributed by atoms with van der Waals surface area (Å²) in [5.74, 6) is 0. The molecule has 2 rings (SSSR count). The average molecular weight is 283 g/mol. The highest BCUT2D eigenvalue weighted by atomic mass is 16.5. The summed E-state index contributed by atoms with van der Waals surface area (Å²) in [7, 11) is 0. The topological polar surface area (TPSA) is 142 Å². The Labute approximate surface area is 112 Å². The van der Waals surface area contributed by atoms with Crippen LogP contribution in [-0.4, -0.2) is 38.3 Å². The van der Waals surface area contributed by atoms with Gasteiger partial charge in [-0.2, -0.15) is 4.91 Å². The van der Waals surface area contributed by atoms with Crippen LogP contribution in [0.4, 0.5) is 0 Å². The van der Waals surface area contributed by atoms with Crippen molar-refractivity contribution in [2.24, 2.45) is 5.22 Å². The Morgan fingerprint density at radius 3 is 2.85 bits per heavy atom. The zero-order valence-electron chi connectivity index (χ0n) is 10.6. The van der Waals surface area contributed by atoms with Gasteiger partial charge in [-0.25, -0.2) is 9.59 Å². The highest BCUT2D eigenvalue weighted by molar-refractivity contribution is 5.04. The number of aromatic nitrogens is 2. The summed E-state index contributed by atoms with van der Waals surface area (Å²) >= 11 is 0. The Morgan fingerprint density at radius 2 is 2.30 bits per heavy atom. The molecule has 0 unspecified atom stereocenters. The Balaban J connectivity index is 2.56. The molecule has 1 aliphatic heterocycles. The number of azide groups is 1. The van der Waals surface area contributed by atoms with Crippen molar-refractivity contribution in [3.05, 3.63) is 43.0 Å². The fourth-order valence-electron chi connectivity index (χ4n) is 2.08. The lowest BCUT2D eigenvalue weighted by Crippen LogP contribution is -2.41. The second kappa shape index (κ2) is 5.47. The van der Waals surface area contributed by atoms with Gasteiger partial charge in [-0.3, -0.25) is 4.57 Å². The van der Waals surface area contributed by atoms with Crippen LogP contribution >= 0.6 is 0 Å². The summed E-state index contributed by atoms with van der Waals surface area (Å²) in [5.41, 5.74) is 6.88. The van der Waals surface area contributed by atoms with Gasteiger partial charge < -0.3 is 14.9 Å². The Morgan fingerprint density at radius 1 is 1.60 bits per heavy atom. The summed E-state index contributed by atoms with van der Waals surface area (Å²) in [4.78, 5) is 26.2. The molecule has 1 aromatic heterocycles. The molecule has 1 aromatic rings. The first kappa shape index (κ1) is 14.3. The van der Waals surface area contributed by atoms with Crippen LogP contribution in [0.15, 0.2) is 21.0 Å². The van der Waals surface area contributed by atoms with E-state index < -0.39 is 29.7 Å². The van der Waals surface area contributed by atoms with Gasteiger partial charge in [-0.15, -0.1) is 5.53 Å². The van der Waals surface area contributed by atoms with Crippen molar-refractivity contribution < 1.29 is 14.9 Å². The third-order valence-electron chi connectivity index (χ3n) is 3.04. The second-order valence-corrected chi connectivity index (χ2v) is 4.43. The molecule has 2 N–H and O–H groups in total. The minimum Gasteiger partial charge on any atom is -0.394 e. The number of nitrogens with zero attached hydrogens (tertiary/aromatic N) is 5. The van der Waals surface area contributed by atoms with Crippen molar-refractivity contribution in [1.82, 2.24) is 9.24 Å². The molecule has 1 fully saturated rings. The number of hydrogen-bond donors (Lipinski definition) is 2. The lowest BCUT2D eigenvalue weighted by Gasteiger charge is -2.17. The molecule has 0 radical (unpaired) electrons. The molecule has 3 atom stereocenters. The van der Waals surface area contributed by atoms with Crippen LogP contribution in [-0.2, 0) is 4.74 Å². The molecular formula is C10H13N5O5. The lowest BCUT2D eigenvalue weighted by atomic mass is 10.2. The lowest BCUT2D eigenvalue weighted by molar-refractivity contribution is -0.0537. The number of aryl methyl sites for hydroxylation is 1.